The molecular formula is C33H43ClN2O6S. The molecule has 1 saturated carbocycles. The Morgan fingerprint density at radius 3 is 2.67 bits per heavy atom. The lowest BCUT2D eigenvalue weighted by molar-refractivity contribution is -0.117. The molecule has 2 bridgehead atoms. The van der Waals surface area contributed by atoms with Gasteiger partial charge in [0.1, 0.15) is 5.75 Å². The Hall–Kier alpha value is -2.33. The average Bonchev–Trinajstić information content (AvgIpc) is 3.11. The number of ether oxygens (including phenoxy) is 1. The van der Waals surface area contributed by atoms with Gasteiger partial charge in [-0.05, 0) is 105 Å². The number of sulfonamides is 1. The fourth-order valence-electron chi connectivity index (χ4n) is 8.07. The fourth-order valence-corrected chi connectivity index (χ4v) is 9.72. The van der Waals surface area contributed by atoms with Crippen molar-refractivity contribution in [1.82, 2.24) is 4.72 Å². The van der Waals surface area contributed by atoms with Crippen molar-refractivity contribution in [2.45, 2.75) is 87.4 Å². The van der Waals surface area contributed by atoms with Crippen LogP contribution in [-0.2, 0) is 21.9 Å². The van der Waals surface area contributed by atoms with Crippen LogP contribution in [0, 0.1) is 11.8 Å². The maximum absolute atomic E-state index is 13.4. The number of fused-ring (bicyclic) bond motifs is 4. The SMILES string of the molecule is CC[C@@H]1CCCC[C@@](O)(CO)[C@@H]2CC[C@H]2CN2C[C@@]3(CCCc4cc(Cl)ccc43)COc3ccc(cc32)C(=O)NS1(=O)=O. The maximum Gasteiger partial charge on any atom is 0.264 e. The van der Waals surface area contributed by atoms with Crippen molar-refractivity contribution >= 4 is 33.2 Å². The Labute approximate surface area is 259 Å². The summed E-state index contributed by atoms with van der Waals surface area (Å²) in [5.74, 6) is 0.102. The minimum absolute atomic E-state index is 0.0661. The van der Waals surface area contributed by atoms with Gasteiger partial charge < -0.3 is 19.8 Å². The van der Waals surface area contributed by atoms with Gasteiger partial charge in [-0.2, -0.15) is 0 Å². The fraction of sp³-hybridized carbons (Fsp3) is 0.606. The largest absolute Gasteiger partial charge is 0.490 e. The summed E-state index contributed by atoms with van der Waals surface area (Å²) in [6.45, 7) is 3.24. The van der Waals surface area contributed by atoms with Gasteiger partial charge in [0.05, 0.1) is 29.8 Å². The molecule has 0 saturated heterocycles. The second-order valence-corrected chi connectivity index (χ2v) is 15.6. The Morgan fingerprint density at radius 1 is 1.09 bits per heavy atom. The van der Waals surface area contributed by atoms with E-state index in [1.54, 1.807) is 25.1 Å². The highest BCUT2D eigenvalue weighted by atomic mass is 35.5. The molecule has 2 aliphatic carbocycles. The summed E-state index contributed by atoms with van der Waals surface area (Å²) in [5.41, 5.74) is 1.96. The molecule has 43 heavy (non-hydrogen) atoms. The first-order valence-corrected chi connectivity index (χ1v) is 17.7. The number of halogens is 1. The van der Waals surface area contributed by atoms with Crippen LogP contribution in [0.25, 0.3) is 0 Å². The molecule has 0 aromatic heterocycles. The van der Waals surface area contributed by atoms with E-state index >= 15 is 0 Å². The molecular weight excluding hydrogens is 588 g/mol. The molecule has 5 atom stereocenters. The lowest BCUT2D eigenvalue weighted by Crippen LogP contribution is -2.54. The molecule has 3 N–H and O–H groups in total. The molecule has 0 unspecified atom stereocenters. The molecule has 8 nitrogen and oxygen atoms in total. The zero-order chi connectivity index (χ0) is 30.4. The van der Waals surface area contributed by atoms with Crippen molar-refractivity contribution in [2.24, 2.45) is 11.8 Å². The molecule has 6 rings (SSSR count). The minimum atomic E-state index is -3.91. The topological polar surface area (TPSA) is 116 Å². The summed E-state index contributed by atoms with van der Waals surface area (Å²) in [6.07, 6.45) is 7.02. The molecule has 234 valence electrons. The number of carbonyl (C=O) groups excluding carboxylic acids is 1. The Kier molecular flexibility index (Phi) is 8.48. The van der Waals surface area contributed by atoms with E-state index in [0.717, 1.165) is 42.8 Å². The number of anilines is 1. The van der Waals surface area contributed by atoms with Crippen LogP contribution in [0.2, 0.25) is 5.02 Å². The molecule has 1 amide bonds. The molecule has 2 aromatic carbocycles. The van der Waals surface area contributed by atoms with Gasteiger partial charge in [-0.1, -0.05) is 37.4 Å². The third kappa shape index (κ3) is 5.78. The highest BCUT2D eigenvalue weighted by molar-refractivity contribution is 7.90. The van der Waals surface area contributed by atoms with Gasteiger partial charge in [0.25, 0.3) is 5.91 Å². The first-order chi connectivity index (χ1) is 20.6. The van der Waals surface area contributed by atoms with Crippen molar-refractivity contribution in [2.75, 3.05) is 31.2 Å². The van der Waals surface area contributed by atoms with Crippen LogP contribution < -0.4 is 14.4 Å². The molecule has 2 aliphatic heterocycles. The quantitative estimate of drug-likeness (QED) is 0.429. The second-order valence-electron chi connectivity index (χ2n) is 13.2. The van der Waals surface area contributed by atoms with E-state index in [1.807, 2.05) is 6.07 Å². The first-order valence-electron chi connectivity index (χ1n) is 15.8. The third-order valence-corrected chi connectivity index (χ3v) is 12.8. The van der Waals surface area contributed by atoms with Gasteiger partial charge in [0.2, 0.25) is 10.0 Å². The number of aryl methyl sites for hydroxylation is 1. The number of hydrogen-bond acceptors (Lipinski definition) is 7. The number of carbonyl (C=O) groups is 1. The van der Waals surface area contributed by atoms with Crippen LogP contribution in [0.3, 0.4) is 0 Å². The monoisotopic (exact) mass is 630 g/mol. The summed E-state index contributed by atoms with van der Waals surface area (Å²) in [4.78, 5) is 15.7. The highest BCUT2D eigenvalue weighted by Gasteiger charge is 2.48. The highest BCUT2D eigenvalue weighted by Crippen LogP contribution is 2.48. The Morgan fingerprint density at radius 2 is 1.93 bits per heavy atom. The van der Waals surface area contributed by atoms with Gasteiger partial charge in [-0.15, -0.1) is 0 Å². The van der Waals surface area contributed by atoms with E-state index in [2.05, 4.69) is 21.8 Å². The standard InChI is InChI=1S/C33H43ClN2O6S/c1-2-26-7-3-4-15-33(39,20-37)28-11-8-24(28)18-36-19-32(14-5-6-22-16-25(34)10-12-27(22)32)21-42-30-13-9-23(17-29(30)36)31(38)35-43(26,40)41/h9-10,12-13,16-17,24,26,28,37,39H,2-8,11,14-15,18-21H2,1H3,(H,35,38)/t24-,26+,28+,32-,33+/m0/s1. The first kappa shape index (κ1) is 30.7. The van der Waals surface area contributed by atoms with Gasteiger partial charge in [-0.3, -0.25) is 4.79 Å². The molecule has 2 heterocycles. The zero-order valence-electron chi connectivity index (χ0n) is 24.9. The van der Waals surface area contributed by atoms with E-state index in [9.17, 15) is 23.4 Å². The predicted octanol–water partition coefficient (Wildman–Crippen LogP) is 4.97. The number of benzene rings is 2. The maximum atomic E-state index is 13.4. The van der Waals surface area contributed by atoms with E-state index in [4.69, 9.17) is 16.3 Å². The summed E-state index contributed by atoms with van der Waals surface area (Å²) < 4.78 is 35.4. The number of hydrogen-bond donors (Lipinski definition) is 3. The normalized spacial score (nSPS) is 32.4. The van der Waals surface area contributed by atoms with Crippen molar-refractivity contribution in [3.63, 3.8) is 0 Å². The van der Waals surface area contributed by atoms with Crippen molar-refractivity contribution < 1.29 is 28.2 Å². The third-order valence-electron chi connectivity index (χ3n) is 10.7. The van der Waals surface area contributed by atoms with Gasteiger partial charge >= 0.3 is 0 Å². The minimum Gasteiger partial charge on any atom is -0.490 e. The molecule has 0 radical (unpaired) electrons. The summed E-state index contributed by atoms with van der Waals surface area (Å²) >= 11 is 6.39. The van der Waals surface area contributed by atoms with Crippen LogP contribution >= 0.6 is 11.6 Å². The Bertz CT molecular complexity index is 1480. The van der Waals surface area contributed by atoms with Crippen molar-refractivity contribution in [3.05, 3.63) is 58.1 Å². The van der Waals surface area contributed by atoms with Crippen molar-refractivity contribution in [3.8, 4) is 5.75 Å². The average molecular weight is 631 g/mol. The molecule has 1 fully saturated rings. The zero-order valence-corrected chi connectivity index (χ0v) is 26.4. The summed E-state index contributed by atoms with van der Waals surface area (Å²) in [7, 11) is -3.91. The van der Waals surface area contributed by atoms with E-state index in [1.165, 1.54) is 11.1 Å². The molecule has 4 aliphatic rings. The lowest BCUT2D eigenvalue weighted by Gasteiger charge is -2.49. The van der Waals surface area contributed by atoms with Gasteiger partial charge in [0.15, 0.2) is 0 Å². The predicted molar refractivity (Wildman–Crippen MR) is 167 cm³/mol. The summed E-state index contributed by atoms with van der Waals surface area (Å²) in [6, 6.07) is 11.3. The van der Waals surface area contributed by atoms with E-state index < -0.39 is 26.8 Å². The number of nitrogens with one attached hydrogen (secondary N) is 1. The van der Waals surface area contributed by atoms with Crippen LogP contribution in [0.15, 0.2) is 36.4 Å². The number of nitrogens with zero attached hydrogens (tertiary/aromatic N) is 1. The number of amides is 1. The Balaban J connectivity index is 1.43. The van der Waals surface area contributed by atoms with Gasteiger partial charge in [-0.25, -0.2) is 13.1 Å². The van der Waals surface area contributed by atoms with E-state index in [-0.39, 0.29) is 29.4 Å². The van der Waals surface area contributed by atoms with Crippen molar-refractivity contribution in [1.29, 1.82) is 0 Å². The summed E-state index contributed by atoms with van der Waals surface area (Å²) in [5, 5.41) is 22.1. The van der Waals surface area contributed by atoms with Crippen LogP contribution in [0.4, 0.5) is 5.69 Å². The number of rotatable bonds is 2. The van der Waals surface area contributed by atoms with Crippen LogP contribution in [-0.4, -0.2) is 61.7 Å². The number of aliphatic hydroxyl groups is 2. The lowest BCUT2D eigenvalue weighted by atomic mass is 9.63. The molecule has 10 heteroatoms. The van der Waals surface area contributed by atoms with Crippen LogP contribution in [0.1, 0.15) is 86.2 Å². The number of aliphatic hydroxyl groups excluding tert-OH is 1. The van der Waals surface area contributed by atoms with Crippen LogP contribution in [0.5, 0.6) is 5.75 Å². The van der Waals surface area contributed by atoms with E-state index in [0.29, 0.717) is 57.6 Å². The van der Waals surface area contributed by atoms with Gasteiger partial charge in [0, 0.05) is 29.1 Å². The molecule has 1 spiro atoms. The second kappa shape index (κ2) is 11.9. The molecule has 2 aromatic rings. The smallest absolute Gasteiger partial charge is 0.264 e.